The summed E-state index contributed by atoms with van der Waals surface area (Å²) in [4.78, 5) is 18.0. The third kappa shape index (κ3) is 5.73. The second kappa shape index (κ2) is 11.5. The first-order chi connectivity index (χ1) is 16.4. The van der Waals surface area contributed by atoms with Crippen molar-refractivity contribution in [1.29, 1.82) is 0 Å². The molecule has 0 bridgehead atoms. The lowest BCUT2D eigenvalue weighted by Gasteiger charge is -2.15. The molecule has 0 fully saturated rings. The van der Waals surface area contributed by atoms with Crippen molar-refractivity contribution in [3.05, 3.63) is 59.4 Å². The van der Waals surface area contributed by atoms with Gasteiger partial charge < -0.3 is 32.9 Å². The van der Waals surface area contributed by atoms with Crippen LogP contribution in [0.1, 0.15) is 24.0 Å². The van der Waals surface area contributed by atoms with Crippen LogP contribution in [0.4, 0.5) is 5.69 Å². The number of halogens is 1. The summed E-state index contributed by atoms with van der Waals surface area (Å²) in [5, 5.41) is 3.00. The molecule has 0 aliphatic carbocycles. The summed E-state index contributed by atoms with van der Waals surface area (Å²) < 4.78 is 15.5. The molecule has 1 amide bonds. The van der Waals surface area contributed by atoms with Crippen LogP contribution < -0.4 is 32.9 Å². The van der Waals surface area contributed by atoms with Crippen molar-refractivity contribution < 1.29 is 32.4 Å². The molecule has 184 valence electrons. The zero-order valence-electron chi connectivity index (χ0n) is 20.2. The standard InChI is InChI=1S/C26H28N4O3S.ClH/c1-15-9-19(12-24(33-4)16(15)2)25-20(14-29-34-25)18-5-6-23(32-3)22(11-18)30-26(31)21(27)10-17-7-8-28-13-17;/h5-6,8-9,11-14,21H,7,10,27H2,1-4H3,(H,30,31);1H/t21-;/m1./s1. The maximum absolute atomic E-state index is 12.9. The van der Waals surface area contributed by atoms with Crippen LogP contribution >= 0.6 is 11.5 Å². The number of rotatable bonds is 8. The zero-order chi connectivity index (χ0) is 24.2. The molecular weight excluding hydrogens is 484 g/mol. The number of carbonyl (C=O) groups is 1. The van der Waals surface area contributed by atoms with Gasteiger partial charge in [0.1, 0.15) is 11.5 Å². The fourth-order valence-corrected chi connectivity index (χ4v) is 4.71. The quantitative estimate of drug-likeness (QED) is 0.476. The van der Waals surface area contributed by atoms with Gasteiger partial charge >= 0.3 is 0 Å². The summed E-state index contributed by atoms with van der Waals surface area (Å²) in [6.07, 6.45) is 6.84. The third-order valence-electron chi connectivity index (χ3n) is 6.04. The first kappa shape index (κ1) is 26.4. The minimum Gasteiger partial charge on any atom is -1.00 e. The number of quaternary nitrogens is 1. The molecule has 0 unspecified atom stereocenters. The molecular formula is C26H29ClN4O3S. The number of anilines is 1. The van der Waals surface area contributed by atoms with E-state index < -0.39 is 6.04 Å². The number of hydrogen-bond donors (Lipinski definition) is 2. The van der Waals surface area contributed by atoms with E-state index in [1.165, 1.54) is 11.5 Å². The Morgan fingerprint density at radius 2 is 1.91 bits per heavy atom. The number of nitrogens with one attached hydrogen (secondary N) is 1. The number of nitrogens with zero attached hydrogens (tertiary/aromatic N) is 2. The van der Waals surface area contributed by atoms with Crippen molar-refractivity contribution >= 4 is 29.3 Å². The summed E-state index contributed by atoms with van der Waals surface area (Å²) in [5.41, 5.74) is 11.0. The lowest BCUT2D eigenvalue weighted by Crippen LogP contribution is -3.00. The van der Waals surface area contributed by atoms with E-state index in [0.29, 0.717) is 17.9 Å². The molecule has 0 spiro atoms. The molecule has 1 aromatic heterocycles. The van der Waals surface area contributed by atoms with Gasteiger partial charge in [0.25, 0.3) is 5.91 Å². The predicted molar refractivity (Wildman–Crippen MR) is 137 cm³/mol. The van der Waals surface area contributed by atoms with Gasteiger partial charge in [0.2, 0.25) is 0 Å². The number of ether oxygens (including phenoxy) is 2. The summed E-state index contributed by atoms with van der Waals surface area (Å²) in [6, 6.07) is 9.52. The molecule has 1 atom stereocenters. The largest absolute Gasteiger partial charge is 1.00 e. The van der Waals surface area contributed by atoms with Crippen molar-refractivity contribution in [2.24, 2.45) is 4.99 Å². The van der Waals surface area contributed by atoms with E-state index in [0.717, 1.165) is 50.4 Å². The summed E-state index contributed by atoms with van der Waals surface area (Å²) >= 11 is 1.43. The molecule has 3 aromatic rings. The van der Waals surface area contributed by atoms with Gasteiger partial charge in [0.15, 0.2) is 6.04 Å². The molecule has 4 rings (SSSR count). The molecule has 0 saturated carbocycles. The van der Waals surface area contributed by atoms with Crippen molar-refractivity contribution in [3.63, 3.8) is 0 Å². The maximum Gasteiger partial charge on any atom is 0.282 e. The highest BCUT2D eigenvalue weighted by atomic mass is 35.5. The van der Waals surface area contributed by atoms with Gasteiger partial charge in [-0.05, 0) is 71.4 Å². The zero-order valence-corrected chi connectivity index (χ0v) is 21.8. The van der Waals surface area contributed by atoms with Crippen LogP contribution in [-0.4, -0.2) is 36.8 Å². The fourth-order valence-electron chi connectivity index (χ4n) is 3.96. The summed E-state index contributed by atoms with van der Waals surface area (Å²) in [7, 11) is 3.27. The number of aryl methyl sites for hydroxylation is 1. The van der Waals surface area contributed by atoms with E-state index in [-0.39, 0.29) is 18.3 Å². The Bertz CT molecular complexity index is 1290. The van der Waals surface area contributed by atoms with Crippen LogP contribution in [0.5, 0.6) is 11.5 Å². The molecule has 0 saturated heterocycles. The van der Waals surface area contributed by atoms with Crippen LogP contribution in [0.15, 0.2) is 53.3 Å². The monoisotopic (exact) mass is 512 g/mol. The van der Waals surface area contributed by atoms with Crippen LogP contribution in [-0.2, 0) is 4.79 Å². The van der Waals surface area contributed by atoms with Gasteiger partial charge in [0.05, 0.1) is 24.8 Å². The lowest BCUT2D eigenvalue weighted by atomic mass is 9.99. The van der Waals surface area contributed by atoms with Crippen LogP contribution in [0.3, 0.4) is 0 Å². The average molecular weight is 513 g/mol. The topological polar surface area (TPSA) is 100 Å². The molecule has 4 N–H and O–H groups in total. The highest BCUT2D eigenvalue weighted by Gasteiger charge is 2.22. The Kier molecular flexibility index (Phi) is 8.67. The minimum atomic E-state index is -0.428. The molecule has 0 radical (unpaired) electrons. The molecule has 2 aromatic carbocycles. The number of aromatic nitrogens is 1. The van der Waals surface area contributed by atoms with E-state index in [9.17, 15) is 4.79 Å². The highest BCUT2D eigenvalue weighted by Crippen LogP contribution is 2.40. The molecule has 1 aliphatic rings. The van der Waals surface area contributed by atoms with Crippen LogP contribution in [0.2, 0.25) is 0 Å². The Morgan fingerprint density at radius 3 is 2.60 bits per heavy atom. The van der Waals surface area contributed by atoms with Crippen LogP contribution in [0.25, 0.3) is 21.6 Å². The first-order valence-electron chi connectivity index (χ1n) is 11.0. The Morgan fingerprint density at radius 1 is 1.14 bits per heavy atom. The van der Waals surface area contributed by atoms with Gasteiger partial charge in [-0.25, -0.2) is 0 Å². The Labute approximate surface area is 215 Å². The van der Waals surface area contributed by atoms with E-state index in [1.54, 1.807) is 20.4 Å². The second-order valence-corrected chi connectivity index (χ2v) is 9.12. The Hall–Kier alpha value is -3.20. The smallest absolute Gasteiger partial charge is 0.282 e. The Balaban J connectivity index is 0.00000342. The van der Waals surface area contributed by atoms with Gasteiger partial charge in [-0.1, -0.05) is 12.1 Å². The van der Waals surface area contributed by atoms with E-state index in [1.807, 2.05) is 36.7 Å². The van der Waals surface area contributed by atoms with E-state index in [2.05, 4.69) is 40.3 Å². The van der Waals surface area contributed by atoms with E-state index >= 15 is 0 Å². The third-order valence-corrected chi connectivity index (χ3v) is 6.88. The first-order valence-corrected chi connectivity index (χ1v) is 11.8. The summed E-state index contributed by atoms with van der Waals surface area (Å²) in [5.74, 6) is 1.28. The van der Waals surface area contributed by atoms with Crippen molar-refractivity contribution in [1.82, 2.24) is 4.37 Å². The van der Waals surface area contributed by atoms with Crippen LogP contribution in [0, 0.1) is 13.8 Å². The summed E-state index contributed by atoms with van der Waals surface area (Å²) in [6.45, 7) is 4.13. The lowest BCUT2D eigenvalue weighted by molar-refractivity contribution is -0.401. The molecule has 2 heterocycles. The number of hydrogen-bond acceptors (Lipinski definition) is 6. The predicted octanol–water partition coefficient (Wildman–Crippen LogP) is 1.41. The van der Waals surface area contributed by atoms with Crippen molar-refractivity contribution in [2.45, 2.75) is 32.7 Å². The highest BCUT2D eigenvalue weighted by molar-refractivity contribution is 7.10. The molecule has 1 aliphatic heterocycles. The van der Waals surface area contributed by atoms with Crippen molar-refractivity contribution in [2.75, 3.05) is 19.5 Å². The van der Waals surface area contributed by atoms with Gasteiger partial charge in [0, 0.05) is 37.0 Å². The van der Waals surface area contributed by atoms with Gasteiger partial charge in [-0.15, -0.1) is 0 Å². The number of methoxy groups -OCH3 is 2. The van der Waals surface area contributed by atoms with E-state index in [4.69, 9.17) is 9.47 Å². The average Bonchev–Trinajstić information content (AvgIpc) is 3.53. The van der Waals surface area contributed by atoms with Crippen molar-refractivity contribution in [3.8, 4) is 33.1 Å². The second-order valence-electron chi connectivity index (χ2n) is 8.32. The molecule has 9 heteroatoms. The molecule has 7 nitrogen and oxygen atoms in total. The SMILES string of the molecule is COc1ccc(-c2cnsc2-c2cc(C)c(C)c(OC)c2)cc1NC(=O)[C@H]([NH3+])CC1=CN=CC1.[Cl-]. The number of aliphatic imine (C=N–C) groups is 1. The van der Waals surface area contributed by atoms with Gasteiger partial charge in [-0.2, -0.15) is 4.37 Å². The number of carbonyl (C=O) groups excluding carboxylic acids is 1. The molecule has 35 heavy (non-hydrogen) atoms. The number of benzene rings is 2. The maximum atomic E-state index is 12.9. The minimum absolute atomic E-state index is 0. The number of amides is 1. The van der Waals surface area contributed by atoms with Gasteiger partial charge in [-0.3, -0.25) is 9.79 Å². The normalized spacial score (nSPS) is 13.1. The fraction of sp³-hybridized carbons (Fsp3) is 0.269.